The van der Waals surface area contributed by atoms with Crippen molar-refractivity contribution in [2.75, 3.05) is 26.6 Å². The van der Waals surface area contributed by atoms with Gasteiger partial charge in [-0.1, -0.05) is 23.7 Å². The highest BCUT2D eigenvalue weighted by Crippen LogP contribution is 2.43. The molecule has 2 amide bonds. The van der Waals surface area contributed by atoms with Gasteiger partial charge in [0.05, 0.1) is 24.8 Å². The van der Waals surface area contributed by atoms with E-state index in [0.717, 1.165) is 0 Å². The van der Waals surface area contributed by atoms with Gasteiger partial charge in [0.25, 0.3) is 5.91 Å². The highest BCUT2D eigenvalue weighted by atomic mass is 35.5. The summed E-state index contributed by atoms with van der Waals surface area (Å²) in [6.45, 7) is 0. The van der Waals surface area contributed by atoms with Crippen molar-refractivity contribution >= 4 is 29.2 Å². The Morgan fingerprint density at radius 3 is 2.70 bits per heavy atom. The van der Waals surface area contributed by atoms with Gasteiger partial charge in [-0.25, -0.2) is 15.4 Å². The number of aromatic nitrogens is 2. The second-order valence-electron chi connectivity index (χ2n) is 6.18. The molecule has 3 rings (SSSR count). The Kier molecular flexibility index (Phi) is 4.90. The van der Waals surface area contributed by atoms with E-state index in [-0.39, 0.29) is 12.3 Å². The summed E-state index contributed by atoms with van der Waals surface area (Å²) >= 11 is 6.42. The summed E-state index contributed by atoms with van der Waals surface area (Å²) in [6, 6.07) is 5.34. The van der Waals surface area contributed by atoms with E-state index >= 15 is 0 Å². The number of hydrogen-bond acceptors (Lipinski definition) is 7. The van der Waals surface area contributed by atoms with Crippen LogP contribution in [0.1, 0.15) is 11.1 Å². The highest BCUT2D eigenvalue weighted by molar-refractivity contribution is 6.35. The molecule has 0 spiro atoms. The SMILES string of the molecule is COc1c(CC(=O)N(C)C)cccc1-c1ncnc2c1C(Cl)(C(N)=O)NN2. The molecule has 9 nitrogen and oxygen atoms in total. The van der Waals surface area contributed by atoms with Gasteiger partial charge in [-0.3, -0.25) is 9.59 Å². The van der Waals surface area contributed by atoms with Gasteiger partial charge in [0.15, 0.2) is 5.82 Å². The fourth-order valence-electron chi connectivity index (χ4n) is 2.88. The molecule has 1 unspecified atom stereocenters. The first-order valence-corrected chi connectivity index (χ1v) is 8.41. The van der Waals surface area contributed by atoms with Crippen LogP contribution in [-0.2, 0) is 21.0 Å². The Hall–Kier alpha value is -2.91. The van der Waals surface area contributed by atoms with Crippen LogP contribution in [0.4, 0.5) is 5.82 Å². The minimum Gasteiger partial charge on any atom is -0.496 e. The largest absolute Gasteiger partial charge is 0.496 e. The molecule has 1 aromatic heterocycles. The number of ether oxygens (including phenoxy) is 1. The number of nitrogens with zero attached hydrogens (tertiary/aromatic N) is 3. The minimum atomic E-state index is -1.72. The molecule has 1 aliphatic rings. The lowest BCUT2D eigenvalue weighted by molar-refractivity contribution is -0.128. The topological polar surface area (TPSA) is 122 Å². The molecule has 1 aromatic carbocycles. The zero-order valence-corrected chi connectivity index (χ0v) is 15.8. The number of benzene rings is 1. The lowest BCUT2D eigenvalue weighted by Gasteiger charge is -2.21. The van der Waals surface area contributed by atoms with Crippen molar-refractivity contribution in [2.45, 2.75) is 11.4 Å². The van der Waals surface area contributed by atoms with Crippen LogP contribution in [0.25, 0.3) is 11.3 Å². The molecule has 0 fully saturated rings. The highest BCUT2D eigenvalue weighted by Gasteiger charge is 2.46. The standard InChI is InChI=1S/C17H19ClN6O3/c1-24(2)11(25)7-9-5-4-6-10(14(9)27-3)13-12-15(21-8-20-13)22-23-17(12,18)16(19)26/h4-6,8,23H,7H2,1-3H3,(H2,19,26)(H,20,21,22). The molecule has 0 radical (unpaired) electrons. The second-order valence-corrected chi connectivity index (χ2v) is 6.75. The monoisotopic (exact) mass is 390 g/mol. The molecule has 0 saturated heterocycles. The summed E-state index contributed by atoms with van der Waals surface area (Å²) in [4.78, 5) is 32.3. The van der Waals surface area contributed by atoms with Crippen molar-refractivity contribution < 1.29 is 14.3 Å². The Morgan fingerprint density at radius 1 is 1.33 bits per heavy atom. The van der Waals surface area contributed by atoms with E-state index in [4.69, 9.17) is 22.1 Å². The Morgan fingerprint density at radius 2 is 2.07 bits per heavy atom. The molecule has 1 atom stereocenters. The molecule has 0 bridgehead atoms. The molecule has 0 saturated carbocycles. The van der Waals surface area contributed by atoms with E-state index in [2.05, 4.69) is 20.8 Å². The fraction of sp³-hybridized carbons (Fsp3) is 0.294. The van der Waals surface area contributed by atoms with Crippen LogP contribution in [0.5, 0.6) is 5.75 Å². The summed E-state index contributed by atoms with van der Waals surface area (Å²) in [5.74, 6) is -0.0792. The van der Waals surface area contributed by atoms with E-state index in [1.54, 1.807) is 32.3 Å². The molecular formula is C17H19ClN6O3. The normalized spacial score (nSPS) is 17.8. The van der Waals surface area contributed by atoms with Crippen LogP contribution < -0.4 is 21.3 Å². The number of carbonyl (C=O) groups is 2. The minimum absolute atomic E-state index is 0.0782. The smallest absolute Gasteiger partial charge is 0.259 e. The zero-order chi connectivity index (χ0) is 19.8. The number of primary amides is 1. The molecule has 2 aromatic rings. The van der Waals surface area contributed by atoms with Crippen molar-refractivity contribution in [1.82, 2.24) is 20.3 Å². The van der Waals surface area contributed by atoms with Gasteiger partial charge < -0.3 is 20.8 Å². The van der Waals surface area contributed by atoms with E-state index in [9.17, 15) is 9.59 Å². The van der Waals surface area contributed by atoms with Crippen molar-refractivity contribution in [3.05, 3.63) is 35.7 Å². The number of nitrogens with two attached hydrogens (primary N) is 1. The zero-order valence-electron chi connectivity index (χ0n) is 15.0. The molecule has 4 N–H and O–H groups in total. The van der Waals surface area contributed by atoms with Gasteiger partial charge in [0.1, 0.15) is 12.1 Å². The average Bonchev–Trinajstić information content (AvgIpc) is 3.00. The predicted molar refractivity (Wildman–Crippen MR) is 99.9 cm³/mol. The number of alkyl halides is 1. The molecule has 1 aliphatic heterocycles. The first kappa shape index (κ1) is 18.9. The lowest BCUT2D eigenvalue weighted by Crippen LogP contribution is -2.46. The van der Waals surface area contributed by atoms with Crippen LogP contribution in [-0.4, -0.2) is 47.9 Å². The van der Waals surface area contributed by atoms with Crippen LogP contribution >= 0.6 is 11.6 Å². The number of hydrogen-bond donors (Lipinski definition) is 3. The van der Waals surface area contributed by atoms with Crippen molar-refractivity contribution in [2.24, 2.45) is 5.73 Å². The Balaban J connectivity index is 2.18. The number of amides is 2. The van der Waals surface area contributed by atoms with Gasteiger partial charge in [-0.15, -0.1) is 0 Å². The first-order chi connectivity index (χ1) is 12.8. The third-order valence-electron chi connectivity index (χ3n) is 4.28. The van der Waals surface area contributed by atoms with Crippen molar-refractivity contribution in [3.8, 4) is 17.0 Å². The maximum Gasteiger partial charge on any atom is 0.259 e. The molecule has 27 heavy (non-hydrogen) atoms. The summed E-state index contributed by atoms with van der Waals surface area (Å²) < 4.78 is 5.57. The number of rotatable bonds is 5. The van der Waals surface area contributed by atoms with E-state index < -0.39 is 10.9 Å². The van der Waals surface area contributed by atoms with Crippen LogP contribution in [0.15, 0.2) is 24.5 Å². The van der Waals surface area contributed by atoms with Crippen molar-refractivity contribution in [1.29, 1.82) is 0 Å². The molecule has 142 valence electrons. The van der Waals surface area contributed by atoms with Crippen molar-refractivity contribution in [3.63, 3.8) is 0 Å². The first-order valence-electron chi connectivity index (χ1n) is 8.03. The van der Waals surface area contributed by atoms with Crippen LogP contribution in [0.3, 0.4) is 0 Å². The van der Waals surface area contributed by atoms with Crippen LogP contribution in [0.2, 0.25) is 0 Å². The van der Waals surface area contributed by atoms with E-state index in [1.165, 1.54) is 18.3 Å². The van der Waals surface area contributed by atoms with Crippen LogP contribution in [0, 0.1) is 0 Å². The van der Waals surface area contributed by atoms with E-state index in [0.29, 0.717) is 34.0 Å². The molecular weight excluding hydrogens is 372 g/mol. The number of methoxy groups -OCH3 is 1. The molecule has 0 aliphatic carbocycles. The number of anilines is 1. The number of likely N-dealkylation sites (N-methyl/N-ethyl adjacent to an activating group) is 1. The summed E-state index contributed by atoms with van der Waals surface area (Å²) in [6.07, 6.45) is 1.49. The summed E-state index contributed by atoms with van der Waals surface area (Å²) in [5, 5.41) is 0. The Labute approximate surface area is 160 Å². The molecule has 2 heterocycles. The maximum atomic E-state index is 12.2. The molecule has 10 heteroatoms. The quantitative estimate of drug-likeness (QED) is 0.504. The number of carbonyl (C=O) groups excluding carboxylic acids is 2. The number of nitrogens with one attached hydrogen (secondary N) is 2. The summed E-state index contributed by atoms with van der Waals surface area (Å²) in [5.41, 5.74) is 12.8. The van der Waals surface area contributed by atoms with Gasteiger partial charge in [0, 0.05) is 25.2 Å². The summed E-state index contributed by atoms with van der Waals surface area (Å²) in [7, 11) is 4.87. The predicted octanol–water partition coefficient (Wildman–Crippen LogP) is 0.590. The van der Waals surface area contributed by atoms with Gasteiger partial charge in [-0.2, -0.15) is 0 Å². The number of para-hydroxylation sites is 1. The number of hydrazine groups is 1. The number of halogens is 1. The number of fused-ring (bicyclic) bond motifs is 1. The third-order valence-corrected chi connectivity index (χ3v) is 4.75. The second kappa shape index (κ2) is 7.01. The lowest BCUT2D eigenvalue weighted by atomic mass is 9.97. The Bertz CT molecular complexity index is 920. The maximum absolute atomic E-state index is 12.2. The fourth-order valence-corrected chi connectivity index (χ4v) is 3.10. The van der Waals surface area contributed by atoms with E-state index in [1.807, 2.05) is 0 Å². The third kappa shape index (κ3) is 3.15. The van der Waals surface area contributed by atoms with Gasteiger partial charge in [0.2, 0.25) is 10.9 Å². The van der Waals surface area contributed by atoms with Gasteiger partial charge in [-0.05, 0) is 6.07 Å². The van der Waals surface area contributed by atoms with Gasteiger partial charge >= 0.3 is 0 Å². The average molecular weight is 391 g/mol.